The number of hydrogen-bond acceptors (Lipinski definition) is 5. The molecule has 0 amide bonds. The summed E-state index contributed by atoms with van der Waals surface area (Å²) in [5.74, 6) is 0.0323. The zero-order valence-electron chi connectivity index (χ0n) is 16.4. The maximum Gasteiger partial charge on any atom is 0.259 e. The highest BCUT2D eigenvalue weighted by Gasteiger charge is 2.31. The first-order chi connectivity index (χ1) is 13.5. The molecular weight excluding hydrogens is 378 g/mol. The van der Waals surface area contributed by atoms with Crippen molar-refractivity contribution in [3.8, 4) is 5.75 Å². The Balaban J connectivity index is 2.06. The molecule has 1 atom stereocenters. The maximum absolute atomic E-state index is 13.2. The summed E-state index contributed by atoms with van der Waals surface area (Å²) in [6.07, 6.45) is 0. The highest BCUT2D eigenvalue weighted by molar-refractivity contribution is 6.30. The number of aryl methyl sites for hydroxylation is 1. The molecule has 1 aliphatic heterocycles. The highest BCUT2D eigenvalue weighted by atomic mass is 35.5. The molecule has 0 spiro atoms. The van der Waals surface area contributed by atoms with Crippen molar-refractivity contribution in [3.63, 3.8) is 0 Å². The summed E-state index contributed by atoms with van der Waals surface area (Å²) in [5.41, 5.74) is 1.93. The van der Waals surface area contributed by atoms with Crippen LogP contribution in [0.3, 0.4) is 0 Å². The van der Waals surface area contributed by atoms with E-state index in [4.69, 9.17) is 11.6 Å². The van der Waals surface area contributed by atoms with Gasteiger partial charge in [0.15, 0.2) is 0 Å². The normalized spacial score (nSPS) is 17.0. The Bertz CT molecular complexity index is 858. The van der Waals surface area contributed by atoms with Crippen LogP contribution in [0.25, 0.3) is 0 Å². The van der Waals surface area contributed by atoms with Crippen LogP contribution >= 0.6 is 11.6 Å². The number of aromatic hydroxyl groups is 1. The van der Waals surface area contributed by atoms with Gasteiger partial charge in [-0.1, -0.05) is 23.7 Å². The first kappa shape index (κ1) is 20.9. The predicted octanol–water partition coefficient (Wildman–Crippen LogP) is 2.23. The summed E-state index contributed by atoms with van der Waals surface area (Å²) in [5, 5.41) is 20.6. The minimum atomic E-state index is -0.348. The molecule has 3 rings (SSSR count). The first-order valence-corrected chi connectivity index (χ1v) is 10.1. The zero-order chi connectivity index (χ0) is 20.3. The smallest absolute Gasteiger partial charge is 0.259 e. The third-order valence-electron chi connectivity index (χ3n) is 5.49. The van der Waals surface area contributed by atoms with Crippen molar-refractivity contribution in [1.29, 1.82) is 0 Å². The van der Waals surface area contributed by atoms with E-state index in [0.717, 1.165) is 37.4 Å². The van der Waals surface area contributed by atoms with Gasteiger partial charge < -0.3 is 14.8 Å². The van der Waals surface area contributed by atoms with Crippen LogP contribution in [0.2, 0.25) is 5.02 Å². The molecule has 1 aromatic heterocycles. The lowest BCUT2D eigenvalue weighted by atomic mass is 9.96. The number of benzene rings is 1. The fourth-order valence-corrected chi connectivity index (χ4v) is 4.14. The van der Waals surface area contributed by atoms with Crippen molar-refractivity contribution < 1.29 is 10.2 Å². The zero-order valence-corrected chi connectivity index (χ0v) is 17.2. The molecule has 0 saturated carbocycles. The molecule has 1 saturated heterocycles. The first-order valence-electron chi connectivity index (χ1n) is 9.72. The topological polar surface area (TPSA) is 68.9 Å². The third-order valence-corrected chi connectivity index (χ3v) is 5.74. The number of hydrogen-bond donors (Lipinski definition) is 2. The minimum absolute atomic E-state index is 0.0323. The molecule has 1 aromatic carbocycles. The Morgan fingerprint density at radius 1 is 1.14 bits per heavy atom. The number of aliphatic hydroxyl groups is 1. The summed E-state index contributed by atoms with van der Waals surface area (Å²) < 4.78 is 1.69. The molecule has 152 valence electrons. The highest BCUT2D eigenvalue weighted by Crippen LogP contribution is 2.33. The van der Waals surface area contributed by atoms with Crippen LogP contribution < -0.4 is 5.56 Å². The summed E-state index contributed by atoms with van der Waals surface area (Å²) >= 11 is 6.07. The van der Waals surface area contributed by atoms with Crippen LogP contribution in [0, 0.1) is 6.92 Å². The van der Waals surface area contributed by atoms with Crippen molar-refractivity contribution in [2.24, 2.45) is 0 Å². The Morgan fingerprint density at radius 3 is 2.36 bits per heavy atom. The van der Waals surface area contributed by atoms with Crippen molar-refractivity contribution >= 4 is 11.6 Å². The summed E-state index contributed by atoms with van der Waals surface area (Å²) in [6, 6.07) is 8.79. The second kappa shape index (κ2) is 9.09. The van der Waals surface area contributed by atoms with Crippen LogP contribution in [0.4, 0.5) is 0 Å². The summed E-state index contributed by atoms with van der Waals surface area (Å²) in [7, 11) is 0. The standard InChI is InChI=1S/C21H28ClN3O3/c1-3-25-15(2)14-18(27)19(21(25)28)20(16-4-6-17(22)7-5-16)24-10-8-23(9-11-24)12-13-26/h4-7,14,20,26-27H,3,8-13H2,1-2H3. The van der Waals surface area contributed by atoms with Gasteiger partial charge >= 0.3 is 0 Å². The van der Waals surface area contributed by atoms with Crippen LogP contribution in [0.15, 0.2) is 35.1 Å². The number of pyridine rings is 1. The number of halogens is 1. The van der Waals surface area contributed by atoms with Gasteiger partial charge in [0.05, 0.1) is 18.2 Å². The molecule has 1 aliphatic rings. The van der Waals surface area contributed by atoms with Crippen molar-refractivity contribution in [1.82, 2.24) is 14.4 Å². The number of rotatable bonds is 6. The van der Waals surface area contributed by atoms with E-state index in [1.165, 1.54) is 0 Å². The van der Waals surface area contributed by atoms with Gasteiger partial charge in [-0.25, -0.2) is 0 Å². The van der Waals surface area contributed by atoms with Gasteiger partial charge in [0.1, 0.15) is 5.75 Å². The minimum Gasteiger partial charge on any atom is -0.507 e. The van der Waals surface area contributed by atoms with Gasteiger partial charge in [-0.05, 0) is 37.6 Å². The molecule has 2 heterocycles. The van der Waals surface area contributed by atoms with E-state index in [1.54, 1.807) is 10.6 Å². The molecule has 28 heavy (non-hydrogen) atoms. The number of aliphatic hydroxyl groups excluding tert-OH is 1. The third kappa shape index (κ3) is 4.25. The van der Waals surface area contributed by atoms with Gasteiger partial charge in [-0.15, -0.1) is 0 Å². The Kier molecular flexibility index (Phi) is 6.78. The fraction of sp³-hybridized carbons (Fsp3) is 0.476. The van der Waals surface area contributed by atoms with Crippen molar-refractivity contribution in [2.75, 3.05) is 39.3 Å². The number of piperazine rings is 1. The van der Waals surface area contributed by atoms with Crippen molar-refractivity contribution in [2.45, 2.75) is 26.4 Å². The van der Waals surface area contributed by atoms with E-state index < -0.39 is 0 Å². The molecule has 0 aliphatic carbocycles. The Morgan fingerprint density at radius 2 is 1.79 bits per heavy atom. The molecule has 1 fully saturated rings. The molecule has 6 nitrogen and oxygen atoms in total. The van der Waals surface area contributed by atoms with Crippen molar-refractivity contribution in [3.05, 3.63) is 62.5 Å². The van der Waals surface area contributed by atoms with Crippen LogP contribution in [0.5, 0.6) is 5.75 Å². The Labute approximate surface area is 170 Å². The monoisotopic (exact) mass is 405 g/mol. The fourth-order valence-electron chi connectivity index (χ4n) is 4.01. The van der Waals surface area contributed by atoms with E-state index in [-0.39, 0.29) is 24.0 Å². The van der Waals surface area contributed by atoms with Gasteiger partial charge in [0.2, 0.25) is 0 Å². The predicted molar refractivity (Wildman–Crippen MR) is 111 cm³/mol. The lowest BCUT2D eigenvalue weighted by Crippen LogP contribution is -2.49. The van der Waals surface area contributed by atoms with E-state index >= 15 is 0 Å². The lowest BCUT2D eigenvalue weighted by molar-refractivity contribution is 0.0932. The summed E-state index contributed by atoms with van der Waals surface area (Å²) in [4.78, 5) is 17.7. The van der Waals surface area contributed by atoms with Crippen LogP contribution in [0.1, 0.15) is 29.8 Å². The Hall–Kier alpha value is -1.86. The second-order valence-electron chi connectivity index (χ2n) is 7.19. The van der Waals surface area contributed by atoms with Crippen LogP contribution in [-0.2, 0) is 6.54 Å². The molecule has 0 bridgehead atoms. The lowest BCUT2D eigenvalue weighted by Gasteiger charge is -2.39. The average molecular weight is 406 g/mol. The quantitative estimate of drug-likeness (QED) is 0.771. The van der Waals surface area contributed by atoms with E-state index in [9.17, 15) is 15.0 Å². The van der Waals surface area contributed by atoms with E-state index in [2.05, 4.69) is 9.80 Å². The largest absolute Gasteiger partial charge is 0.507 e. The van der Waals surface area contributed by atoms with E-state index in [0.29, 0.717) is 23.7 Å². The van der Waals surface area contributed by atoms with Crippen LogP contribution in [-0.4, -0.2) is 63.9 Å². The average Bonchev–Trinajstić information content (AvgIpc) is 2.67. The number of aromatic nitrogens is 1. The van der Waals surface area contributed by atoms with Gasteiger partial charge in [0.25, 0.3) is 5.56 Å². The number of β-amino-alcohol motifs (C(OH)–C–C–N with tert-alkyl or cyclic N) is 1. The van der Waals surface area contributed by atoms with Gasteiger partial charge in [0, 0.05) is 50.0 Å². The maximum atomic E-state index is 13.2. The molecular formula is C21H28ClN3O3. The molecule has 2 aromatic rings. The molecule has 0 radical (unpaired) electrons. The second-order valence-corrected chi connectivity index (χ2v) is 7.63. The molecule has 7 heteroatoms. The summed E-state index contributed by atoms with van der Waals surface area (Å²) in [6.45, 7) is 8.20. The van der Waals surface area contributed by atoms with Gasteiger partial charge in [-0.2, -0.15) is 0 Å². The number of nitrogens with zero attached hydrogens (tertiary/aromatic N) is 3. The molecule has 1 unspecified atom stereocenters. The molecule has 2 N–H and O–H groups in total. The van der Waals surface area contributed by atoms with E-state index in [1.807, 2.05) is 38.1 Å². The SMILES string of the molecule is CCn1c(C)cc(O)c(C(c2ccc(Cl)cc2)N2CCN(CCO)CC2)c1=O. The van der Waals surface area contributed by atoms with Gasteiger partial charge in [-0.3, -0.25) is 14.6 Å².